The van der Waals surface area contributed by atoms with Crippen LogP contribution < -0.4 is 5.32 Å². The molecule has 128 valence electrons. The quantitative estimate of drug-likeness (QED) is 0.418. The number of ether oxygens (including phenoxy) is 1. The van der Waals surface area contributed by atoms with Gasteiger partial charge in [-0.3, -0.25) is 10.1 Å². The van der Waals surface area contributed by atoms with Crippen molar-refractivity contribution in [1.82, 2.24) is 9.97 Å². The van der Waals surface area contributed by atoms with E-state index in [-0.39, 0.29) is 17.3 Å². The average molecular weight is 340 g/mol. The second-order valence-corrected chi connectivity index (χ2v) is 5.49. The first-order valence-electron chi connectivity index (χ1n) is 7.57. The number of nitro groups is 1. The zero-order valence-corrected chi connectivity index (χ0v) is 13.6. The molecular weight excluding hydrogens is 324 g/mol. The number of imidazole rings is 1. The lowest BCUT2D eigenvalue weighted by molar-refractivity contribution is -0.385. The average Bonchev–Trinajstić information content (AvgIpc) is 3.05. The minimum Gasteiger partial charge on any atom is -0.465 e. The molecule has 0 spiro atoms. The van der Waals surface area contributed by atoms with Crippen molar-refractivity contribution >= 4 is 28.4 Å². The Bertz CT molecular complexity index is 918. The molecule has 3 aromatic rings. The molecule has 0 saturated heterocycles. The zero-order valence-electron chi connectivity index (χ0n) is 13.6. The number of nitrogens with one attached hydrogen (secondary N) is 2. The summed E-state index contributed by atoms with van der Waals surface area (Å²) in [5.41, 5.74) is 1.93. The van der Waals surface area contributed by atoms with Crippen LogP contribution in [0.3, 0.4) is 0 Å². The van der Waals surface area contributed by atoms with Gasteiger partial charge in [0.25, 0.3) is 5.69 Å². The maximum Gasteiger partial charge on any atom is 0.344 e. The summed E-state index contributed by atoms with van der Waals surface area (Å²) in [5.74, 6) is -0.0362. The second-order valence-electron chi connectivity index (χ2n) is 5.49. The van der Waals surface area contributed by atoms with Crippen molar-refractivity contribution in [2.45, 2.75) is 13.0 Å². The van der Waals surface area contributed by atoms with Crippen LogP contribution >= 0.6 is 0 Å². The van der Waals surface area contributed by atoms with E-state index in [2.05, 4.69) is 20.0 Å². The van der Waals surface area contributed by atoms with Gasteiger partial charge in [0.05, 0.1) is 29.1 Å². The van der Waals surface area contributed by atoms with E-state index < -0.39 is 10.9 Å². The molecule has 8 nitrogen and oxygen atoms in total. The van der Waals surface area contributed by atoms with Gasteiger partial charge in [-0.2, -0.15) is 0 Å². The Kier molecular flexibility index (Phi) is 4.34. The number of anilines is 1. The topological polar surface area (TPSA) is 110 Å². The normalized spacial score (nSPS) is 11.9. The van der Waals surface area contributed by atoms with Crippen LogP contribution in [0.15, 0.2) is 42.5 Å². The highest BCUT2D eigenvalue weighted by Gasteiger charge is 2.22. The van der Waals surface area contributed by atoms with Crippen molar-refractivity contribution < 1.29 is 14.5 Å². The van der Waals surface area contributed by atoms with Crippen LogP contribution in [0.4, 0.5) is 11.4 Å². The van der Waals surface area contributed by atoms with Gasteiger partial charge in [0.2, 0.25) is 0 Å². The molecule has 25 heavy (non-hydrogen) atoms. The van der Waals surface area contributed by atoms with Crippen LogP contribution in [0.25, 0.3) is 11.0 Å². The third kappa shape index (κ3) is 3.27. The Hall–Kier alpha value is -3.42. The largest absolute Gasteiger partial charge is 0.465 e. The minimum atomic E-state index is -0.758. The lowest BCUT2D eigenvalue weighted by Gasteiger charge is -2.13. The number of hydrogen-bond acceptors (Lipinski definition) is 6. The lowest BCUT2D eigenvalue weighted by Crippen LogP contribution is -2.11. The molecule has 1 unspecified atom stereocenters. The fourth-order valence-electron chi connectivity index (χ4n) is 2.55. The maximum atomic E-state index is 11.8. The molecule has 8 heteroatoms. The number of H-pyrrole nitrogens is 1. The van der Waals surface area contributed by atoms with Crippen LogP contribution in [-0.2, 0) is 4.74 Å². The van der Waals surface area contributed by atoms with E-state index in [1.807, 2.05) is 31.2 Å². The molecule has 1 heterocycles. The number of methoxy groups -OCH3 is 1. The summed E-state index contributed by atoms with van der Waals surface area (Å²) < 4.78 is 4.62. The highest BCUT2D eigenvalue weighted by atomic mass is 16.6. The number of carbonyl (C=O) groups is 1. The van der Waals surface area contributed by atoms with Gasteiger partial charge in [0, 0.05) is 11.8 Å². The smallest absolute Gasteiger partial charge is 0.344 e. The summed E-state index contributed by atoms with van der Waals surface area (Å²) in [4.78, 5) is 30.0. The van der Waals surface area contributed by atoms with Crippen molar-refractivity contribution in [2.24, 2.45) is 0 Å². The molecule has 1 aromatic heterocycles. The summed E-state index contributed by atoms with van der Waals surface area (Å²) in [6.45, 7) is 1.90. The van der Waals surface area contributed by atoms with E-state index in [0.717, 1.165) is 16.9 Å². The first-order chi connectivity index (χ1) is 12.0. The van der Waals surface area contributed by atoms with Gasteiger partial charge in [0.1, 0.15) is 11.4 Å². The van der Waals surface area contributed by atoms with Crippen molar-refractivity contribution in [1.29, 1.82) is 0 Å². The predicted octanol–water partition coefficient (Wildman–Crippen LogP) is 3.43. The molecule has 2 N–H and O–H groups in total. The molecular formula is C17H16N4O4. The van der Waals surface area contributed by atoms with E-state index in [1.165, 1.54) is 19.2 Å². The molecule has 3 rings (SSSR count). The number of esters is 1. The van der Waals surface area contributed by atoms with E-state index in [9.17, 15) is 14.9 Å². The highest BCUT2D eigenvalue weighted by molar-refractivity contribution is 5.95. The van der Waals surface area contributed by atoms with Crippen LogP contribution in [0, 0.1) is 10.1 Å². The minimum absolute atomic E-state index is 0.102. The van der Waals surface area contributed by atoms with Gasteiger partial charge < -0.3 is 15.0 Å². The van der Waals surface area contributed by atoms with Gasteiger partial charge in [-0.1, -0.05) is 12.1 Å². The number of rotatable bonds is 5. The van der Waals surface area contributed by atoms with Gasteiger partial charge in [0.15, 0.2) is 0 Å². The van der Waals surface area contributed by atoms with Crippen LogP contribution in [0.1, 0.15) is 29.1 Å². The number of fused-ring (bicyclic) bond motifs is 1. The summed E-state index contributed by atoms with van der Waals surface area (Å²) in [7, 11) is 1.18. The Labute approximate surface area is 143 Å². The molecule has 0 aliphatic rings. The number of aromatic nitrogens is 2. The van der Waals surface area contributed by atoms with Gasteiger partial charge in [-0.15, -0.1) is 0 Å². The Morgan fingerprint density at radius 3 is 2.76 bits per heavy atom. The summed E-state index contributed by atoms with van der Waals surface area (Å²) in [5, 5.41) is 14.2. The van der Waals surface area contributed by atoms with Crippen molar-refractivity contribution in [3.8, 4) is 0 Å². The Balaban J connectivity index is 1.88. The maximum absolute atomic E-state index is 11.8. The first kappa shape index (κ1) is 16.4. The van der Waals surface area contributed by atoms with E-state index in [4.69, 9.17) is 0 Å². The third-order valence-corrected chi connectivity index (χ3v) is 3.80. The summed E-state index contributed by atoms with van der Waals surface area (Å²) >= 11 is 0. The molecule has 0 aliphatic carbocycles. The number of nitrogens with zero attached hydrogens (tertiary/aromatic N) is 2. The fourth-order valence-corrected chi connectivity index (χ4v) is 2.55. The van der Waals surface area contributed by atoms with Gasteiger partial charge in [-0.05, 0) is 31.2 Å². The molecule has 0 radical (unpaired) electrons. The van der Waals surface area contributed by atoms with E-state index in [0.29, 0.717) is 5.69 Å². The summed E-state index contributed by atoms with van der Waals surface area (Å²) in [6, 6.07) is 11.7. The number of aromatic amines is 1. The molecule has 0 fully saturated rings. The van der Waals surface area contributed by atoms with Crippen molar-refractivity contribution in [2.75, 3.05) is 12.4 Å². The van der Waals surface area contributed by atoms with Crippen LogP contribution in [0.2, 0.25) is 0 Å². The standard InChI is InChI=1S/C17H16N4O4/c1-10(16-19-13-5-3-4-6-14(13)20-16)18-11-7-8-15(21(23)24)12(9-11)17(22)25-2/h3-10,18H,1-2H3,(H,19,20). The van der Waals surface area contributed by atoms with E-state index >= 15 is 0 Å². The predicted molar refractivity (Wildman–Crippen MR) is 92.6 cm³/mol. The third-order valence-electron chi connectivity index (χ3n) is 3.80. The van der Waals surface area contributed by atoms with Gasteiger partial charge in [-0.25, -0.2) is 9.78 Å². The second kappa shape index (κ2) is 6.60. The lowest BCUT2D eigenvalue weighted by atomic mass is 10.1. The molecule has 0 amide bonds. The van der Waals surface area contributed by atoms with Crippen molar-refractivity contribution in [3.63, 3.8) is 0 Å². The number of hydrogen-bond donors (Lipinski definition) is 2. The zero-order chi connectivity index (χ0) is 18.0. The monoisotopic (exact) mass is 340 g/mol. The number of benzene rings is 2. The highest BCUT2D eigenvalue weighted by Crippen LogP contribution is 2.26. The molecule has 0 bridgehead atoms. The molecule has 0 aliphatic heterocycles. The van der Waals surface area contributed by atoms with Gasteiger partial charge >= 0.3 is 5.97 Å². The fraction of sp³-hybridized carbons (Fsp3) is 0.176. The van der Waals surface area contributed by atoms with Crippen LogP contribution in [0.5, 0.6) is 0 Å². The van der Waals surface area contributed by atoms with E-state index in [1.54, 1.807) is 6.07 Å². The number of carbonyl (C=O) groups excluding carboxylic acids is 1. The number of nitro benzene ring substituents is 1. The molecule has 0 saturated carbocycles. The molecule has 2 aromatic carbocycles. The Morgan fingerprint density at radius 2 is 2.08 bits per heavy atom. The van der Waals surface area contributed by atoms with Crippen molar-refractivity contribution in [3.05, 3.63) is 64.0 Å². The van der Waals surface area contributed by atoms with Crippen LogP contribution in [-0.4, -0.2) is 28.0 Å². The number of para-hydroxylation sites is 2. The SMILES string of the molecule is COC(=O)c1cc(NC(C)c2nc3ccccc3[nH]2)ccc1[N+](=O)[O-]. The summed E-state index contributed by atoms with van der Waals surface area (Å²) in [6.07, 6.45) is 0. The Morgan fingerprint density at radius 1 is 1.32 bits per heavy atom. The molecule has 1 atom stereocenters. The first-order valence-corrected chi connectivity index (χ1v) is 7.57.